The number of carboxylic acids is 1. The van der Waals surface area contributed by atoms with Gasteiger partial charge in [0.15, 0.2) is 0 Å². The van der Waals surface area contributed by atoms with Crippen molar-refractivity contribution in [2.75, 3.05) is 26.3 Å². The lowest BCUT2D eigenvalue weighted by Gasteiger charge is -2.40. The van der Waals surface area contributed by atoms with Crippen molar-refractivity contribution in [1.29, 1.82) is 0 Å². The van der Waals surface area contributed by atoms with E-state index in [0.717, 1.165) is 13.0 Å². The van der Waals surface area contributed by atoms with E-state index >= 15 is 0 Å². The minimum Gasteiger partial charge on any atom is -0.481 e. The molecular weight excluding hydrogens is 266 g/mol. The monoisotopic (exact) mass is 297 g/mol. The average molecular weight is 297 g/mol. The van der Waals surface area contributed by atoms with Crippen LogP contribution in [0.25, 0.3) is 0 Å². The Morgan fingerprint density at radius 2 is 1.90 bits per heavy atom. The molecular formula is C17H31NO3. The fourth-order valence-corrected chi connectivity index (χ4v) is 3.67. The van der Waals surface area contributed by atoms with Crippen molar-refractivity contribution in [3.63, 3.8) is 0 Å². The number of hydrogen-bond donors (Lipinski definition) is 1. The van der Waals surface area contributed by atoms with Gasteiger partial charge in [-0.25, -0.2) is 0 Å². The van der Waals surface area contributed by atoms with Crippen LogP contribution < -0.4 is 0 Å². The lowest BCUT2D eigenvalue weighted by molar-refractivity contribution is -0.157. The molecule has 1 N–H and O–H groups in total. The van der Waals surface area contributed by atoms with Gasteiger partial charge in [0.05, 0.1) is 5.41 Å². The molecule has 2 aliphatic rings. The molecule has 4 heteroatoms. The molecule has 0 aromatic heterocycles. The zero-order chi connectivity index (χ0) is 15.3. The van der Waals surface area contributed by atoms with Crippen molar-refractivity contribution >= 4 is 5.97 Å². The minimum atomic E-state index is -0.627. The predicted octanol–water partition coefficient (Wildman–Crippen LogP) is 3.16. The molecule has 2 rings (SSSR count). The molecule has 4 nitrogen and oxygen atoms in total. The second-order valence-electron chi connectivity index (χ2n) is 7.29. The largest absolute Gasteiger partial charge is 0.481 e. The predicted molar refractivity (Wildman–Crippen MR) is 83.4 cm³/mol. The molecule has 0 unspecified atom stereocenters. The molecule has 122 valence electrons. The van der Waals surface area contributed by atoms with Crippen LogP contribution in [0.4, 0.5) is 0 Å². The number of nitrogens with zero attached hydrogens (tertiary/aromatic N) is 1. The first-order chi connectivity index (χ1) is 10.0. The van der Waals surface area contributed by atoms with Gasteiger partial charge in [-0.3, -0.25) is 9.69 Å². The molecule has 0 aromatic carbocycles. The van der Waals surface area contributed by atoms with E-state index in [1.54, 1.807) is 0 Å². The number of hydrogen-bond acceptors (Lipinski definition) is 3. The van der Waals surface area contributed by atoms with E-state index in [9.17, 15) is 9.90 Å². The van der Waals surface area contributed by atoms with Crippen LogP contribution in [0, 0.1) is 11.3 Å². The second kappa shape index (κ2) is 7.59. The molecule has 1 aliphatic carbocycles. The van der Waals surface area contributed by atoms with E-state index in [1.807, 2.05) is 0 Å². The highest BCUT2D eigenvalue weighted by Crippen LogP contribution is 2.35. The van der Waals surface area contributed by atoms with E-state index in [0.29, 0.717) is 44.6 Å². The molecule has 1 heterocycles. The van der Waals surface area contributed by atoms with Crippen molar-refractivity contribution < 1.29 is 14.6 Å². The normalized spacial score (nSPS) is 23.0. The molecule has 1 saturated heterocycles. The minimum absolute atomic E-state index is 0.585. The number of carbonyl (C=O) groups is 1. The van der Waals surface area contributed by atoms with Gasteiger partial charge in [0.2, 0.25) is 0 Å². The quantitative estimate of drug-likeness (QED) is 0.784. The fourth-order valence-electron chi connectivity index (χ4n) is 3.67. The van der Waals surface area contributed by atoms with E-state index in [-0.39, 0.29) is 0 Å². The maximum Gasteiger partial charge on any atom is 0.311 e. The smallest absolute Gasteiger partial charge is 0.311 e. The van der Waals surface area contributed by atoms with Gasteiger partial charge in [0.25, 0.3) is 0 Å². The lowest BCUT2D eigenvalue weighted by Crippen LogP contribution is -2.49. The van der Waals surface area contributed by atoms with E-state index in [1.165, 1.54) is 25.7 Å². The van der Waals surface area contributed by atoms with Gasteiger partial charge in [-0.15, -0.1) is 0 Å². The summed E-state index contributed by atoms with van der Waals surface area (Å²) >= 11 is 0. The van der Waals surface area contributed by atoms with Crippen LogP contribution >= 0.6 is 0 Å². The number of aliphatic carboxylic acids is 1. The van der Waals surface area contributed by atoms with Gasteiger partial charge in [0.1, 0.15) is 0 Å². The zero-order valence-electron chi connectivity index (χ0n) is 13.6. The van der Waals surface area contributed by atoms with E-state index < -0.39 is 11.4 Å². The standard InChI is InChI=1S/C17H31NO3/c1-14(2)7-10-18(15-5-3-4-6-15)13-17(16(19)20)8-11-21-12-9-17/h14-15H,3-13H2,1-2H3,(H,19,20). The number of rotatable bonds is 7. The van der Waals surface area contributed by atoms with Crippen molar-refractivity contribution in [1.82, 2.24) is 4.90 Å². The molecule has 0 spiro atoms. The lowest BCUT2D eigenvalue weighted by atomic mass is 9.79. The Hall–Kier alpha value is -0.610. The summed E-state index contributed by atoms with van der Waals surface area (Å²) in [5.74, 6) is 0.0442. The fraction of sp³-hybridized carbons (Fsp3) is 0.941. The maximum atomic E-state index is 11.9. The van der Waals surface area contributed by atoms with Crippen molar-refractivity contribution in [3.8, 4) is 0 Å². The Bertz CT molecular complexity index is 331. The summed E-state index contributed by atoms with van der Waals surface area (Å²) in [6.07, 6.45) is 7.55. The van der Waals surface area contributed by atoms with Crippen molar-refractivity contribution in [2.45, 2.75) is 64.8 Å². The van der Waals surface area contributed by atoms with Crippen LogP contribution in [-0.2, 0) is 9.53 Å². The first-order valence-corrected chi connectivity index (χ1v) is 8.59. The molecule has 0 atom stereocenters. The zero-order valence-corrected chi connectivity index (χ0v) is 13.6. The Morgan fingerprint density at radius 3 is 2.43 bits per heavy atom. The van der Waals surface area contributed by atoms with Crippen LogP contribution in [0.3, 0.4) is 0 Å². The van der Waals surface area contributed by atoms with Gasteiger partial charge in [0, 0.05) is 25.8 Å². The second-order valence-corrected chi connectivity index (χ2v) is 7.29. The van der Waals surface area contributed by atoms with Crippen LogP contribution in [0.1, 0.15) is 58.8 Å². The summed E-state index contributed by atoms with van der Waals surface area (Å²) in [7, 11) is 0. The summed E-state index contributed by atoms with van der Waals surface area (Å²) in [4.78, 5) is 14.4. The molecule has 0 aromatic rings. The Morgan fingerprint density at radius 1 is 1.29 bits per heavy atom. The summed E-state index contributed by atoms with van der Waals surface area (Å²) < 4.78 is 5.40. The van der Waals surface area contributed by atoms with Gasteiger partial charge in [-0.2, -0.15) is 0 Å². The Labute approximate surface area is 128 Å². The number of carboxylic acid groups (broad SMARTS) is 1. The summed E-state index contributed by atoms with van der Waals surface area (Å²) in [6, 6.07) is 0.600. The third kappa shape index (κ3) is 4.43. The molecule has 1 aliphatic heterocycles. The van der Waals surface area contributed by atoms with Gasteiger partial charge in [-0.1, -0.05) is 26.7 Å². The molecule has 0 bridgehead atoms. The first kappa shape index (κ1) is 16.8. The Balaban J connectivity index is 2.05. The van der Waals surface area contributed by atoms with Crippen LogP contribution in [0.15, 0.2) is 0 Å². The summed E-state index contributed by atoms with van der Waals surface area (Å²) in [5, 5.41) is 9.78. The maximum absolute atomic E-state index is 11.9. The third-order valence-corrected chi connectivity index (χ3v) is 5.24. The van der Waals surface area contributed by atoms with Crippen LogP contribution in [-0.4, -0.2) is 48.3 Å². The molecule has 21 heavy (non-hydrogen) atoms. The Kier molecular flexibility index (Phi) is 6.06. The first-order valence-electron chi connectivity index (χ1n) is 8.59. The summed E-state index contributed by atoms with van der Waals surface area (Å²) in [5.41, 5.74) is -0.585. The van der Waals surface area contributed by atoms with E-state index in [2.05, 4.69) is 18.7 Å². The highest BCUT2D eigenvalue weighted by atomic mass is 16.5. The highest BCUT2D eigenvalue weighted by molar-refractivity contribution is 5.75. The third-order valence-electron chi connectivity index (χ3n) is 5.24. The molecule has 0 amide bonds. The van der Waals surface area contributed by atoms with Crippen LogP contribution in [0.2, 0.25) is 0 Å². The summed E-state index contributed by atoms with van der Waals surface area (Å²) in [6.45, 7) is 7.42. The molecule has 2 fully saturated rings. The van der Waals surface area contributed by atoms with Gasteiger partial charge in [-0.05, 0) is 44.6 Å². The SMILES string of the molecule is CC(C)CCN(CC1(C(=O)O)CCOCC1)C1CCCC1. The highest BCUT2D eigenvalue weighted by Gasteiger charge is 2.42. The molecule has 0 radical (unpaired) electrons. The topological polar surface area (TPSA) is 49.8 Å². The van der Waals surface area contributed by atoms with Crippen molar-refractivity contribution in [2.24, 2.45) is 11.3 Å². The van der Waals surface area contributed by atoms with Gasteiger partial charge >= 0.3 is 5.97 Å². The molecule has 1 saturated carbocycles. The average Bonchev–Trinajstić information content (AvgIpc) is 2.98. The number of ether oxygens (including phenoxy) is 1. The van der Waals surface area contributed by atoms with Crippen LogP contribution in [0.5, 0.6) is 0 Å². The van der Waals surface area contributed by atoms with Crippen molar-refractivity contribution in [3.05, 3.63) is 0 Å². The van der Waals surface area contributed by atoms with E-state index in [4.69, 9.17) is 4.74 Å². The van der Waals surface area contributed by atoms with Gasteiger partial charge < -0.3 is 9.84 Å².